The van der Waals surface area contributed by atoms with Gasteiger partial charge in [-0.25, -0.2) is 9.59 Å². The number of carbonyl (C=O) groups excluding carboxylic acids is 1. The second-order valence-corrected chi connectivity index (χ2v) is 12.2. The van der Waals surface area contributed by atoms with Crippen molar-refractivity contribution in [3.8, 4) is 5.75 Å². The molecule has 0 aliphatic carbocycles. The summed E-state index contributed by atoms with van der Waals surface area (Å²) in [5.74, 6) is 0.827. The zero-order chi connectivity index (χ0) is 29.6. The van der Waals surface area contributed by atoms with E-state index in [1.54, 1.807) is 12.1 Å². The Morgan fingerprint density at radius 2 is 1.58 bits per heavy atom. The predicted molar refractivity (Wildman–Crippen MR) is 164 cm³/mol. The van der Waals surface area contributed by atoms with Crippen LogP contribution in [0.1, 0.15) is 58.8 Å². The maximum Gasteiger partial charge on any atom is 0.408 e. The summed E-state index contributed by atoms with van der Waals surface area (Å²) in [6, 6.07) is 24.8. The second kappa shape index (κ2) is 13.6. The number of ether oxygens (including phenoxy) is 2. The lowest BCUT2D eigenvalue weighted by atomic mass is 9.86. The molecule has 4 saturated heterocycles. The molecule has 2 bridgehead atoms. The van der Waals surface area contributed by atoms with Gasteiger partial charge < -0.3 is 19.9 Å². The molecule has 2 N–H and O–H groups in total. The minimum absolute atomic E-state index is 0.0440. The van der Waals surface area contributed by atoms with E-state index in [-0.39, 0.29) is 18.2 Å². The van der Waals surface area contributed by atoms with Crippen LogP contribution in [0.4, 0.5) is 4.79 Å². The zero-order valence-electron chi connectivity index (χ0n) is 24.6. The normalized spacial score (nSPS) is 22.9. The highest BCUT2D eigenvalue weighted by Crippen LogP contribution is 2.31. The topological polar surface area (TPSA) is 91.3 Å². The average Bonchev–Trinajstić information content (AvgIpc) is 3.05. The first-order valence-corrected chi connectivity index (χ1v) is 15.5. The van der Waals surface area contributed by atoms with Crippen molar-refractivity contribution in [2.24, 2.45) is 11.8 Å². The number of nitrogens with zero attached hydrogens (tertiary/aromatic N) is 2. The minimum atomic E-state index is -0.896. The maximum absolute atomic E-state index is 13.1. The van der Waals surface area contributed by atoms with E-state index < -0.39 is 5.97 Å². The SMILES string of the molecule is O=C(NC(c1ccccc1)c1cccc(OCC2CCN(Cc3ccc(C(=O)O)cc3)CC2)c1)O[C@H]1CN2CCC1CC2. The quantitative estimate of drug-likeness (QED) is 0.322. The summed E-state index contributed by atoms with van der Waals surface area (Å²) in [4.78, 5) is 29.0. The molecule has 4 heterocycles. The van der Waals surface area contributed by atoms with Crippen LogP contribution in [-0.4, -0.2) is 72.4 Å². The summed E-state index contributed by atoms with van der Waals surface area (Å²) < 4.78 is 12.3. The first kappa shape index (κ1) is 29.2. The summed E-state index contributed by atoms with van der Waals surface area (Å²) in [6.45, 7) is 6.48. The van der Waals surface area contributed by atoms with E-state index in [1.807, 2.05) is 66.7 Å². The Labute approximate surface area is 253 Å². The fourth-order valence-electron chi connectivity index (χ4n) is 6.66. The van der Waals surface area contributed by atoms with Gasteiger partial charge in [0.1, 0.15) is 11.9 Å². The number of nitrogens with one attached hydrogen (secondary N) is 1. The van der Waals surface area contributed by atoms with E-state index >= 15 is 0 Å². The molecule has 4 fully saturated rings. The molecule has 0 aromatic heterocycles. The molecule has 0 spiro atoms. The Morgan fingerprint density at radius 1 is 0.860 bits per heavy atom. The molecule has 0 radical (unpaired) electrons. The van der Waals surface area contributed by atoms with Crippen molar-refractivity contribution in [1.29, 1.82) is 0 Å². The zero-order valence-corrected chi connectivity index (χ0v) is 24.6. The summed E-state index contributed by atoms with van der Waals surface area (Å²) in [5.41, 5.74) is 3.40. The number of carboxylic acids is 1. The number of likely N-dealkylation sites (tertiary alicyclic amines) is 1. The first-order valence-electron chi connectivity index (χ1n) is 15.5. The van der Waals surface area contributed by atoms with Gasteiger partial charge in [-0.3, -0.25) is 9.80 Å². The molecule has 1 amide bonds. The number of carboxylic acid groups (broad SMARTS) is 1. The Hall–Kier alpha value is -3.88. The molecule has 226 valence electrons. The average molecular weight is 584 g/mol. The summed E-state index contributed by atoms with van der Waals surface area (Å²) >= 11 is 0. The van der Waals surface area contributed by atoms with Gasteiger partial charge in [-0.1, -0.05) is 54.6 Å². The van der Waals surface area contributed by atoms with Gasteiger partial charge in [-0.15, -0.1) is 0 Å². The van der Waals surface area contributed by atoms with E-state index in [0.29, 0.717) is 24.0 Å². The van der Waals surface area contributed by atoms with Crippen molar-refractivity contribution in [1.82, 2.24) is 15.1 Å². The molecule has 4 aliphatic rings. The Kier molecular flexibility index (Phi) is 9.24. The van der Waals surface area contributed by atoms with Crippen molar-refractivity contribution in [3.63, 3.8) is 0 Å². The fraction of sp³-hybridized carbons (Fsp3) is 0.429. The molecule has 0 saturated carbocycles. The van der Waals surface area contributed by atoms with E-state index in [4.69, 9.17) is 14.6 Å². The van der Waals surface area contributed by atoms with Crippen LogP contribution >= 0.6 is 0 Å². The standard InChI is InChI=1S/C35H41N3O5/c39-34(40)29-11-9-25(10-12-29)22-37-17-13-26(14-18-37)24-42-31-8-4-7-30(21-31)33(28-5-2-1-3-6-28)36-35(41)43-32-23-38-19-15-27(32)16-20-38/h1-12,21,26-27,32-33H,13-20,22-24H2,(H,36,41)(H,39,40)/t32-,33?/m0/s1. The van der Waals surface area contributed by atoms with Crippen LogP contribution in [0, 0.1) is 11.8 Å². The van der Waals surface area contributed by atoms with Gasteiger partial charge in [0, 0.05) is 13.1 Å². The number of rotatable bonds is 10. The smallest absolute Gasteiger partial charge is 0.408 e. The van der Waals surface area contributed by atoms with Gasteiger partial charge in [-0.05, 0) is 105 Å². The number of amides is 1. The Morgan fingerprint density at radius 3 is 2.26 bits per heavy atom. The number of fused-ring (bicyclic) bond motifs is 3. The van der Waals surface area contributed by atoms with Crippen molar-refractivity contribution in [2.75, 3.05) is 39.3 Å². The Balaban J connectivity index is 1.03. The Bertz CT molecular complexity index is 1370. The van der Waals surface area contributed by atoms with E-state index in [2.05, 4.69) is 15.1 Å². The molecule has 3 aromatic rings. The number of benzene rings is 3. The third-order valence-electron chi connectivity index (χ3n) is 9.24. The lowest BCUT2D eigenvalue weighted by Crippen LogP contribution is -2.52. The van der Waals surface area contributed by atoms with Crippen molar-refractivity contribution >= 4 is 12.1 Å². The molecule has 43 heavy (non-hydrogen) atoms. The van der Waals surface area contributed by atoms with Crippen LogP contribution in [0.2, 0.25) is 0 Å². The largest absolute Gasteiger partial charge is 0.493 e. The second-order valence-electron chi connectivity index (χ2n) is 12.2. The first-order chi connectivity index (χ1) is 21.0. The highest BCUT2D eigenvalue weighted by molar-refractivity contribution is 5.87. The number of hydrogen-bond acceptors (Lipinski definition) is 6. The molecular weight excluding hydrogens is 542 g/mol. The molecule has 8 nitrogen and oxygen atoms in total. The third kappa shape index (κ3) is 7.56. The van der Waals surface area contributed by atoms with Gasteiger partial charge in [0.05, 0.1) is 18.2 Å². The van der Waals surface area contributed by atoms with Crippen LogP contribution in [0.5, 0.6) is 5.75 Å². The van der Waals surface area contributed by atoms with Crippen LogP contribution in [0.25, 0.3) is 0 Å². The third-order valence-corrected chi connectivity index (χ3v) is 9.24. The number of carbonyl (C=O) groups is 2. The fourth-order valence-corrected chi connectivity index (χ4v) is 6.66. The molecule has 8 heteroatoms. The van der Waals surface area contributed by atoms with Crippen molar-refractivity contribution in [2.45, 2.75) is 44.4 Å². The van der Waals surface area contributed by atoms with Crippen molar-refractivity contribution in [3.05, 3.63) is 101 Å². The van der Waals surface area contributed by atoms with Gasteiger partial charge >= 0.3 is 12.1 Å². The number of aromatic carboxylic acids is 1. The van der Waals surface area contributed by atoms with Gasteiger partial charge in [0.25, 0.3) is 0 Å². The lowest BCUT2D eigenvalue weighted by molar-refractivity contribution is -0.0336. The number of alkyl carbamates (subject to hydrolysis) is 1. The van der Waals surface area contributed by atoms with Crippen molar-refractivity contribution < 1.29 is 24.2 Å². The predicted octanol–water partition coefficient (Wildman–Crippen LogP) is 5.59. The summed E-state index contributed by atoms with van der Waals surface area (Å²) in [5, 5.41) is 12.3. The van der Waals surface area contributed by atoms with Crippen LogP contribution < -0.4 is 10.1 Å². The number of hydrogen-bond donors (Lipinski definition) is 2. The van der Waals surface area contributed by atoms with E-state index in [9.17, 15) is 9.59 Å². The highest BCUT2D eigenvalue weighted by Gasteiger charge is 2.37. The summed E-state index contributed by atoms with van der Waals surface area (Å²) in [7, 11) is 0. The molecule has 4 aliphatic heterocycles. The molecule has 7 rings (SSSR count). The van der Waals surface area contributed by atoms with Crippen LogP contribution in [0.3, 0.4) is 0 Å². The van der Waals surface area contributed by atoms with E-state index in [0.717, 1.165) is 87.4 Å². The van der Waals surface area contributed by atoms with Gasteiger partial charge in [-0.2, -0.15) is 0 Å². The molecule has 2 atom stereocenters. The van der Waals surface area contributed by atoms with Gasteiger partial charge in [0.15, 0.2) is 0 Å². The monoisotopic (exact) mass is 583 g/mol. The summed E-state index contributed by atoms with van der Waals surface area (Å²) in [6.07, 6.45) is 3.88. The molecular formula is C35H41N3O5. The van der Waals surface area contributed by atoms with Gasteiger partial charge in [0.2, 0.25) is 0 Å². The van der Waals surface area contributed by atoms with E-state index in [1.165, 1.54) is 0 Å². The molecule has 3 aromatic carbocycles. The van der Waals surface area contributed by atoms with Crippen LogP contribution in [-0.2, 0) is 11.3 Å². The lowest BCUT2D eigenvalue weighted by Gasteiger charge is -2.43. The van der Waals surface area contributed by atoms with Crippen LogP contribution in [0.15, 0.2) is 78.9 Å². The maximum atomic E-state index is 13.1. The minimum Gasteiger partial charge on any atom is -0.493 e. The molecule has 1 unspecified atom stereocenters. The highest BCUT2D eigenvalue weighted by atomic mass is 16.6. The number of piperidine rings is 4.